The summed E-state index contributed by atoms with van der Waals surface area (Å²) in [5.41, 5.74) is 0.177. The van der Waals surface area contributed by atoms with Gasteiger partial charge in [0.1, 0.15) is 12.4 Å². The largest absolute Gasteiger partial charge is 0.490 e. The van der Waals surface area contributed by atoms with Gasteiger partial charge in [-0.25, -0.2) is 9.78 Å². The average Bonchev–Trinajstić information content (AvgIpc) is 2.86. The Balaban J connectivity index is 2.04. The van der Waals surface area contributed by atoms with Crippen molar-refractivity contribution in [1.82, 2.24) is 9.55 Å². The molecule has 21 heavy (non-hydrogen) atoms. The lowest BCUT2D eigenvalue weighted by Gasteiger charge is -2.13. The molecule has 0 radical (unpaired) electrons. The van der Waals surface area contributed by atoms with E-state index in [2.05, 4.69) is 4.98 Å². The maximum absolute atomic E-state index is 11.0. The van der Waals surface area contributed by atoms with Crippen molar-refractivity contribution in [2.45, 2.75) is 20.4 Å². The number of carboxylic acids is 1. The number of rotatable bonds is 7. The van der Waals surface area contributed by atoms with E-state index in [-0.39, 0.29) is 5.56 Å². The Kier molecular flexibility index (Phi) is 4.81. The zero-order valence-corrected chi connectivity index (χ0v) is 12.1. The molecule has 112 valence electrons. The van der Waals surface area contributed by atoms with Crippen LogP contribution < -0.4 is 9.47 Å². The van der Waals surface area contributed by atoms with Gasteiger partial charge in [0.2, 0.25) is 0 Å². The van der Waals surface area contributed by atoms with Crippen LogP contribution in [0.15, 0.2) is 30.6 Å². The highest BCUT2D eigenvalue weighted by Gasteiger charge is 2.10. The van der Waals surface area contributed by atoms with Gasteiger partial charge >= 0.3 is 5.97 Å². The first-order valence-corrected chi connectivity index (χ1v) is 6.72. The van der Waals surface area contributed by atoms with Crippen LogP contribution in [-0.4, -0.2) is 33.8 Å². The smallest absolute Gasteiger partial charge is 0.335 e. The molecule has 0 aliphatic heterocycles. The molecular weight excluding hydrogens is 272 g/mol. The van der Waals surface area contributed by atoms with Gasteiger partial charge in [0.05, 0.1) is 18.7 Å². The zero-order valence-electron chi connectivity index (χ0n) is 12.1. The van der Waals surface area contributed by atoms with Gasteiger partial charge in [0.15, 0.2) is 11.5 Å². The molecule has 0 saturated heterocycles. The molecule has 0 amide bonds. The summed E-state index contributed by atoms with van der Waals surface area (Å²) in [5, 5.41) is 8.99. The number of nitrogens with zero attached hydrogens (tertiary/aromatic N) is 2. The van der Waals surface area contributed by atoms with Crippen molar-refractivity contribution in [2.24, 2.45) is 0 Å². The van der Waals surface area contributed by atoms with Crippen LogP contribution in [-0.2, 0) is 6.54 Å². The zero-order chi connectivity index (χ0) is 15.2. The first-order chi connectivity index (χ1) is 10.1. The fourth-order valence-electron chi connectivity index (χ4n) is 1.92. The molecule has 1 aromatic carbocycles. The summed E-state index contributed by atoms with van der Waals surface area (Å²) in [6, 6.07) is 4.60. The lowest BCUT2D eigenvalue weighted by molar-refractivity contribution is 0.0696. The fourth-order valence-corrected chi connectivity index (χ4v) is 1.92. The van der Waals surface area contributed by atoms with E-state index in [0.29, 0.717) is 31.3 Å². The van der Waals surface area contributed by atoms with Gasteiger partial charge in [-0.05, 0) is 32.0 Å². The minimum Gasteiger partial charge on any atom is -0.490 e. The lowest BCUT2D eigenvalue weighted by Crippen LogP contribution is -2.10. The number of benzene rings is 1. The van der Waals surface area contributed by atoms with Gasteiger partial charge in [-0.1, -0.05) is 0 Å². The van der Waals surface area contributed by atoms with Crippen LogP contribution in [0.25, 0.3) is 0 Å². The van der Waals surface area contributed by atoms with Gasteiger partial charge < -0.3 is 19.1 Å². The van der Waals surface area contributed by atoms with Gasteiger partial charge in [0, 0.05) is 12.4 Å². The van der Waals surface area contributed by atoms with E-state index in [1.54, 1.807) is 12.3 Å². The molecule has 2 rings (SSSR count). The molecule has 0 atom stereocenters. The Bertz CT molecular complexity index is 622. The number of hydrogen-bond donors (Lipinski definition) is 1. The van der Waals surface area contributed by atoms with Gasteiger partial charge in [0.25, 0.3) is 0 Å². The highest BCUT2D eigenvalue weighted by Crippen LogP contribution is 2.28. The SMILES string of the molecule is CCOc1cc(C(=O)O)ccc1OCCn1ccnc1C. The van der Waals surface area contributed by atoms with Crippen LogP contribution in [0.2, 0.25) is 0 Å². The van der Waals surface area contributed by atoms with E-state index < -0.39 is 5.97 Å². The predicted molar refractivity (Wildman–Crippen MR) is 77.0 cm³/mol. The topological polar surface area (TPSA) is 73.6 Å². The van der Waals surface area contributed by atoms with Crippen LogP contribution in [0.5, 0.6) is 11.5 Å². The Morgan fingerprint density at radius 1 is 1.33 bits per heavy atom. The Morgan fingerprint density at radius 2 is 2.14 bits per heavy atom. The normalized spacial score (nSPS) is 10.4. The third-order valence-corrected chi connectivity index (χ3v) is 3.00. The summed E-state index contributed by atoms with van der Waals surface area (Å²) in [4.78, 5) is 15.1. The highest BCUT2D eigenvalue weighted by molar-refractivity contribution is 5.88. The second-order valence-corrected chi connectivity index (χ2v) is 4.42. The van der Waals surface area contributed by atoms with Crippen molar-refractivity contribution in [3.63, 3.8) is 0 Å². The summed E-state index contributed by atoms with van der Waals surface area (Å²) in [7, 11) is 0. The molecule has 1 N–H and O–H groups in total. The molecule has 0 saturated carbocycles. The molecule has 0 bridgehead atoms. The minimum atomic E-state index is -0.989. The van der Waals surface area contributed by atoms with E-state index in [1.165, 1.54) is 12.1 Å². The van der Waals surface area contributed by atoms with E-state index in [4.69, 9.17) is 14.6 Å². The first kappa shape index (κ1) is 14.9. The summed E-state index contributed by atoms with van der Waals surface area (Å²) < 4.78 is 13.1. The van der Waals surface area contributed by atoms with E-state index in [1.807, 2.05) is 24.6 Å². The summed E-state index contributed by atoms with van der Waals surface area (Å²) in [6.45, 7) is 5.32. The predicted octanol–water partition coefficient (Wildman–Crippen LogP) is 2.37. The number of ether oxygens (including phenoxy) is 2. The molecule has 0 fully saturated rings. The third-order valence-electron chi connectivity index (χ3n) is 3.00. The summed E-state index contributed by atoms with van der Waals surface area (Å²) in [6.07, 6.45) is 3.62. The fraction of sp³-hybridized carbons (Fsp3) is 0.333. The Labute approximate surface area is 122 Å². The number of carboxylic acid groups (broad SMARTS) is 1. The van der Waals surface area contributed by atoms with Crippen molar-refractivity contribution in [2.75, 3.05) is 13.2 Å². The van der Waals surface area contributed by atoms with E-state index in [9.17, 15) is 4.79 Å². The van der Waals surface area contributed by atoms with Crippen LogP contribution in [0, 0.1) is 6.92 Å². The number of aromatic carboxylic acids is 1. The molecule has 1 heterocycles. The lowest BCUT2D eigenvalue weighted by atomic mass is 10.2. The molecule has 2 aromatic rings. The minimum absolute atomic E-state index is 0.177. The Morgan fingerprint density at radius 3 is 2.76 bits per heavy atom. The van der Waals surface area contributed by atoms with E-state index >= 15 is 0 Å². The molecule has 0 aliphatic carbocycles. The van der Waals surface area contributed by atoms with Gasteiger partial charge in [-0.2, -0.15) is 0 Å². The van der Waals surface area contributed by atoms with Gasteiger partial charge in [-0.3, -0.25) is 0 Å². The molecule has 6 nitrogen and oxygen atoms in total. The van der Waals surface area contributed by atoms with Crippen LogP contribution >= 0.6 is 0 Å². The van der Waals surface area contributed by atoms with Crippen LogP contribution in [0.4, 0.5) is 0 Å². The monoisotopic (exact) mass is 290 g/mol. The van der Waals surface area contributed by atoms with Crippen molar-refractivity contribution >= 4 is 5.97 Å². The summed E-state index contributed by atoms with van der Waals surface area (Å²) in [5.74, 6) is 0.917. The quantitative estimate of drug-likeness (QED) is 0.847. The second-order valence-electron chi connectivity index (χ2n) is 4.42. The third kappa shape index (κ3) is 3.75. The van der Waals surface area contributed by atoms with Gasteiger partial charge in [-0.15, -0.1) is 0 Å². The second kappa shape index (κ2) is 6.78. The maximum atomic E-state index is 11.0. The highest BCUT2D eigenvalue weighted by atomic mass is 16.5. The molecule has 1 aromatic heterocycles. The molecule has 0 aliphatic rings. The number of aromatic nitrogens is 2. The average molecular weight is 290 g/mol. The van der Waals surface area contributed by atoms with Crippen molar-refractivity contribution < 1.29 is 19.4 Å². The molecule has 6 heteroatoms. The molecular formula is C15H18N2O4. The van der Waals surface area contributed by atoms with Crippen molar-refractivity contribution in [1.29, 1.82) is 0 Å². The van der Waals surface area contributed by atoms with Crippen LogP contribution in [0.3, 0.4) is 0 Å². The standard InChI is InChI=1S/C15H18N2O4/c1-3-20-14-10-12(15(18)19)4-5-13(14)21-9-8-17-7-6-16-11(17)2/h4-7,10H,3,8-9H2,1-2H3,(H,18,19). The maximum Gasteiger partial charge on any atom is 0.335 e. The van der Waals surface area contributed by atoms with Crippen LogP contribution in [0.1, 0.15) is 23.1 Å². The number of carbonyl (C=O) groups is 1. The van der Waals surface area contributed by atoms with Crippen molar-refractivity contribution in [3.05, 3.63) is 42.0 Å². The van der Waals surface area contributed by atoms with E-state index in [0.717, 1.165) is 5.82 Å². The summed E-state index contributed by atoms with van der Waals surface area (Å²) >= 11 is 0. The number of hydrogen-bond acceptors (Lipinski definition) is 4. The first-order valence-electron chi connectivity index (χ1n) is 6.72. The Hall–Kier alpha value is -2.50. The number of imidazole rings is 1. The molecule has 0 unspecified atom stereocenters. The van der Waals surface area contributed by atoms with Crippen molar-refractivity contribution in [3.8, 4) is 11.5 Å². The number of aryl methyl sites for hydroxylation is 1. The molecule has 0 spiro atoms.